The van der Waals surface area contributed by atoms with E-state index < -0.39 is 23.6 Å². The van der Waals surface area contributed by atoms with E-state index in [0.29, 0.717) is 11.7 Å². The molecule has 2 N–H and O–H groups in total. The van der Waals surface area contributed by atoms with Crippen LogP contribution in [0.15, 0.2) is 60.9 Å². The van der Waals surface area contributed by atoms with Gasteiger partial charge >= 0.3 is 0 Å². The van der Waals surface area contributed by atoms with Gasteiger partial charge in [-0.25, -0.2) is 9.67 Å². The van der Waals surface area contributed by atoms with Gasteiger partial charge in [-0.1, -0.05) is 30.3 Å². The van der Waals surface area contributed by atoms with Gasteiger partial charge < -0.3 is 10.6 Å². The summed E-state index contributed by atoms with van der Waals surface area (Å²) in [4.78, 5) is 42.1. The van der Waals surface area contributed by atoms with Crippen molar-refractivity contribution in [1.29, 1.82) is 0 Å². The zero-order valence-electron chi connectivity index (χ0n) is 17.1. The minimum atomic E-state index is -1.01. The molecule has 1 aromatic carbocycles. The van der Waals surface area contributed by atoms with E-state index in [2.05, 4.69) is 20.7 Å². The quantitative estimate of drug-likeness (QED) is 0.544. The van der Waals surface area contributed by atoms with E-state index in [9.17, 15) is 14.4 Å². The number of Topliss-reactive ketones (excluding diaryl/α,β-unsaturated/α-hetero) is 1. The monoisotopic (exact) mass is 417 g/mol. The molecule has 0 aliphatic heterocycles. The summed E-state index contributed by atoms with van der Waals surface area (Å²) in [7, 11) is 1.38. The van der Waals surface area contributed by atoms with Gasteiger partial charge in [0.15, 0.2) is 5.82 Å². The van der Waals surface area contributed by atoms with Crippen LogP contribution < -0.4 is 10.6 Å². The predicted molar refractivity (Wildman–Crippen MR) is 114 cm³/mol. The molecule has 0 bridgehead atoms. The van der Waals surface area contributed by atoms with Crippen LogP contribution in [-0.4, -0.2) is 45.5 Å². The molecule has 0 saturated heterocycles. The maximum Gasteiger partial charge on any atom is 0.289 e. The first-order valence-electron chi connectivity index (χ1n) is 10.2. The summed E-state index contributed by atoms with van der Waals surface area (Å²) < 4.78 is 1.58. The highest BCUT2D eigenvalue weighted by molar-refractivity contribution is 6.38. The molecule has 4 rings (SSSR count). The van der Waals surface area contributed by atoms with Gasteiger partial charge in [0.05, 0.1) is 11.3 Å². The number of benzene rings is 1. The number of hydrogen-bond donors (Lipinski definition) is 2. The lowest BCUT2D eigenvalue weighted by molar-refractivity contribution is -0.138. The van der Waals surface area contributed by atoms with E-state index in [-0.39, 0.29) is 12.0 Å². The minimum Gasteiger partial charge on any atom is -0.353 e. The van der Waals surface area contributed by atoms with Gasteiger partial charge in [-0.2, -0.15) is 5.10 Å². The number of carbonyl (C=O) groups is 3. The first kappa shape index (κ1) is 20.5. The van der Waals surface area contributed by atoms with Gasteiger partial charge in [0.25, 0.3) is 11.8 Å². The maximum atomic E-state index is 13.1. The van der Waals surface area contributed by atoms with Crippen LogP contribution in [0.3, 0.4) is 0 Å². The molecule has 1 saturated carbocycles. The fourth-order valence-electron chi connectivity index (χ4n) is 3.39. The molecule has 1 atom stereocenters. The lowest BCUT2D eigenvalue weighted by atomic mass is 10.0. The molecule has 8 nitrogen and oxygen atoms in total. The number of nitrogens with one attached hydrogen (secondary N) is 2. The van der Waals surface area contributed by atoms with Crippen molar-refractivity contribution in [2.24, 2.45) is 0 Å². The van der Waals surface area contributed by atoms with E-state index >= 15 is 0 Å². The SMILES string of the molecule is CNC(=O)C(=O)[C@@H](Cc1ccccc1)NC(=O)c1cccnc1-n1ccc(C2CC2)n1. The van der Waals surface area contributed by atoms with Crippen LogP contribution in [0, 0.1) is 0 Å². The molecule has 158 valence electrons. The van der Waals surface area contributed by atoms with Crippen molar-refractivity contribution in [3.8, 4) is 5.82 Å². The largest absolute Gasteiger partial charge is 0.353 e. The Morgan fingerprint density at radius 2 is 1.87 bits per heavy atom. The van der Waals surface area contributed by atoms with Crippen molar-refractivity contribution in [1.82, 2.24) is 25.4 Å². The number of amides is 2. The zero-order chi connectivity index (χ0) is 21.8. The van der Waals surface area contributed by atoms with Gasteiger partial charge in [-0.05, 0) is 36.6 Å². The summed E-state index contributed by atoms with van der Waals surface area (Å²) in [6.45, 7) is 0. The molecular formula is C23H23N5O3. The number of ketones is 1. The van der Waals surface area contributed by atoms with E-state index in [1.165, 1.54) is 7.05 Å². The second-order valence-corrected chi connectivity index (χ2v) is 7.49. The Morgan fingerprint density at radius 3 is 2.58 bits per heavy atom. The first-order chi connectivity index (χ1) is 15.1. The van der Waals surface area contributed by atoms with Crippen LogP contribution in [0.4, 0.5) is 0 Å². The highest BCUT2D eigenvalue weighted by Gasteiger charge is 2.29. The van der Waals surface area contributed by atoms with Crippen LogP contribution >= 0.6 is 0 Å². The molecule has 0 unspecified atom stereocenters. The minimum absolute atomic E-state index is 0.196. The molecule has 2 heterocycles. The van der Waals surface area contributed by atoms with Crippen LogP contribution in [0.5, 0.6) is 0 Å². The summed E-state index contributed by atoms with van der Waals surface area (Å²) in [5, 5.41) is 9.60. The Bertz CT molecular complexity index is 1110. The standard InChI is InChI=1S/C23H23N5O3/c1-24-23(31)20(29)19(14-15-6-3-2-4-7-15)26-22(30)17-8-5-12-25-21(17)28-13-11-18(27-28)16-9-10-16/h2-8,11-13,16,19H,9-10,14H2,1H3,(H,24,31)(H,26,30)/t19-/m1/s1. The molecule has 0 radical (unpaired) electrons. The Labute approximate surface area is 179 Å². The zero-order valence-corrected chi connectivity index (χ0v) is 17.1. The van der Waals surface area contributed by atoms with E-state index in [0.717, 1.165) is 24.1 Å². The van der Waals surface area contributed by atoms with Crippen molar-refractivity contribution >= 4 is 17.6 Å². The van der Waals surface area contributed by atoms with Crippen LogP contribution in [-0.2, 0) is 16.0 Å². The smallest absolute Gasteiger partial charge is 0.289 e. The Morgan fingerprint density at radius 1 is 1.10 bits per heavy atom. The Hall–Kier alpha value is -3.81. The van der Waals surface area contributed by atoms with Crippen molar-refractivity contribution < 1.29 is 14.4 Å². The molecule has 1 aliphatic carbocycles. The average Bonchev–Trinajstić information content (AvgIpc) is 3.54. The number of hydrogen-bond acceptors (Lipinski definition) is 5. The predicted octanol–water partition coefficient (Wildman–Crippen LogP) is 1.80. The summed E-state index contributed by atoms with van der Waals surface area (Å²) in [5.41, 5.74) is 2.09. The lowest BCUT2D eigenvalue weighted by Crippen LogP contribution is -2.48. The van der Waals surface area contributed by atoms with Gasteiger partial charge in [0, 0.05) is 31.8 Å². The van der Waals surface area contributed by atoms with Crippen LogP contribution in [0.2, 0.25) is 0 Å². The number of rotatable bonds is 8. The van der Waals surface area contributed by atoms with E-state index in [1.54, 1.807) is 29.2 Å². The summed E-state index contributed by atoms with van der Waals surface area (Å²) in [6, 6.07) is 13.4. The third kappa shape index (κ3) is 4.69. The summed E-state index contributed by atoms with van der Waals surface area (Å²) in [5.74, 6) is -1.11. The van der Waals surface area contributed by atoms with Crippen molar-refractivity contribution in [2.45, 2.75) is 31.2 Å². The van der Waals surface area contributed by atoms with Gasteiger partial charge in [0.2, 0.25) is 5.78 Å². The first-order valence-corrected chi connectivity index (χ1v) is 10.2. The van der Waals surface area contributed by atoms with Crippen molar-refractivity contribution in [3.63, 3.8) is 0 Å². The number of carbonyl (C=O) groups excluding carboxylic acids is 3. The maximum absolute atomic E-state index is 13.1. The van der Waals surface area contributed by atoms with Crippen LogP contribution in [0.1, 0.15) is 40.4 Å². The fraction of sp³-hybridized carbons (Fsp3) is 0.261. The highest BCUT2D eigenvalue weighted by Crippen LogP contribution is 2.39. The molecule has 1 aliphatic rings. The fourth-order valence-corrected chi connectivity index (χ4v) is 3.39. The number of nitrogens with zero attached hydrogens (tertiary/aromatic N) is 3. The Kier molecular flexibility index (Phi) is 5.88. The molecule has 2 aromatic heterocycles. The van der Waals surface area contributed by atoms with Gasteiger partial charge in [-0.3, -0.25) is 14.4 Å². The molecule has 3 aromatic rings. The molecule has 31 heavy (non-hydrogen) atoms. The second-order valence-electron chi connectivity index (χ2n) is 7.49. The number of likely N-dealkylation sites (N-methyl/N-ethyl adjacent to an activating group) is 1. The topological polar surface area (TPSA) is 106 Å². The molecular weight excluding hydrogens is 394 g/mol. The lowest BCUT2D eigenvalue weighted by Gasteiger charge is -2.18. The molecule has 0 spiro atoms. The highest BCUT2D eigenvalue weighted by atomic mass is 16.2. The number of pyridine rings is 1. The van der Waals surface area contributed by atoms with E-state index in [1.807, 2.05) is 36.4 Å². The summed E-state index contributed by atoms with van der Waals surface area (Å²) >= 11 is 0. The Balaban J connectivity index is 1.59. The van der Waals surface area contributed by atoms with Crippen LogP contribution in [0.25, 0.3) is 5.82 Å². The van der Waals surface area contributed by atoms with Gasteiger partial charge in [0.1, 0.15) is 6.04 Å². The molecule has 2 amide bonds. The normalized spacial score (nSPS) is 14.0. The van der Waals surface area contributed by atoms with Crippen molar-refractivity contribution in [2.75, 3.05) is 7.05 Å². The third-order valence-electron chi connectivity index (χ3n) is 5.21. The second kappa shape index (κ2) is 8.91. The third-order valence-corrected chi connectivity index (χ3v) is 5.21. The number of aromatic nitrogens is 3. The van der Waals surface area contributed by atoms with E-state index in [4.69, 9.17) is 0 Å². The summed E-state index contributed by atoms with van der Waals surface area (Å²) in [6.07, 6.45) is 5.80. The molecule has 1 fully saturated rings. The molecule has 8 heteroatoms. The van der Waals surface area contributed by atoms with Crippen molar-refractivity contribution in [3.05, 3.63) is 77.7 Å². The average molecular weight is 417 g/mol. The van der Waals surface area contributed by atoms with Gasteiger partial charge in [-0.15, -0.1) is 0 Å².